The van der Waals surface area contributed by atoms with E-state index >= 15 is 0 Å². The summed E-state index contributed by atoms with van der Waals surface area (Å²) in [5.41, 5.74) is 2.10. The Morgan fingerprint density at radius 2 is 2.00 bits per heavy atom. The van der Waals surface area contributed by atoms with Crippen molar-refractivity contribution in [2.45, 2.75) is 19.4 Å². The summed E-state index contributed by atoms with van der Waals surface area (Å²) < 4.78 is 5.29. The van der Waals surface area contributed by atoms with Gasteiger partial charge in [0.1, 0.15) is 12.1 Å². The minimum absolute atomic E-state index is 0.0299. The average Bonchev–Trinajstić information content (AvgIpc) is 2.50. The Morgan fingerprint density at radius 3 is 2.65 bits per heavy atom. The zero-order chi connectivity index (χ0) is 14.4. The van der Waals surface area contributed by atoms with E-state index in [0.717, 1.165) is 24.1 Å². The smallest absolute Gasteiger partial charge is 0.137 e. The summed E-state index contributed by atoms with van der Waals surface area (Å²) in [7, 11) is 1.62. The molecule has 1 aromatic heterocycles. The van der Waals surface area contributed by atoms with Crippen LogP contribution in [0, 0.1) is 0 Å². The number of nitrogens with zero attached hydrogens (tertiary/aromatic N) is 2. The maximum absolute atomic E-state index is 6.08. The topological polar surface area (TPSA) is 47.0 Å². The quantitative estimate of drug-likeness (QED) is 0.888. The molecule has 106 valence electrons. The summed E-state index contributed by atoms with van der Waals surface area (Å²) in [5, 5.41) is 4.10. The highest BCUT2D eigenvalue weighted by atomic mass is 35.5. The molecule has 2 rings (SSSR count). The van der Waals surface area contributed by atoms with E-state index < -0.39 is 0 Å². The van der Waals surface area contributed by atoms with Gasteiger partial charge in [-0.3, -0.25) is 0 Å². The van der Waals surface area contributed by atoms with Gasteiger partial charge in [0.25, 0.3) is 0 Å². The number of nitrogens with one attached hydrogen (secondary N) is 1. The van der Waals surface area contributed by atoms with Gasteiger partial charge in [-0.15, -0.1) is 0 Å². The van der Waals surface area contributed by atoms with Crippen molar-refractivity contribution in [3.63, 3.8) is 0 Å². The lowest BCUT2D eigenvalue weighted by molar-refractivity contribution is 0.414. The van der Waals surface area contributed by atoms with Gasteiger partial charge < -0.3 is 10.1 Å². The molecule has 1 aromatic carbocycles. The van der Waals surface area contributed by atoms with Crippen molar-refractivity contribution in [1.29, 1.82) is 0 Å². The second-order valence-corrected chi connectivity index (χ2v) is 4.86. The fourth-order valence-corrected chi connectivity index (χ4v) is 2.23. The molecule has 1 N–H and O–H groups in total. The number of hydrogen-bond acceptors (Lipinski definition) is 4. The van der Waals surface area contributed by atoms with E-state index in [2.05, 4.69) is 22.2 Å². The molecule has 0 aliphatic carbocycles. The van der Waals surface area contributed by atoms with Crippen molar-refractivity contribution in [3.05, 3.63) is 53.1 Å². The van der Waals surface area contributed by atoms with Crippen molar-refractivity contribution in [3.8, 4) is 5.75 Å². The molecule has 0 fully saturated rings. The van der Waals surface area contributed by atoms with Crippen LogP contribution in [0.4, 0.5) is 0 Å². The largest absolute Gasteiger partial charge is 0.495 e. The molecule has 5 heteroatoms. The number of aromatic nitrogens is 2. The van der Waals surface area contributed by atoms with Crippen molar-refractivity contribution in [2.24, 2.45) is 0 Å². The molecule has 0 saturated heterocycles. The standard InChI is InChI=1S/C15H18ClN3O/c1-3-6-19-15(12-8-17-10-18-9-12)11-4-5-13(16)14(7-11)20-2/h4-5,7-10,15,19H,3,6H2,1-2H3. The Kier molecular flexibility index (Phi) is 5.32. The number of rotatable bonds is 6. The second-order valence-electron chi connectivity index (χ2n) is 4.45. The first-order valence-electron chi connectivity index (χ1n) is 6.58. The summed E-state index contributed by atoms with van der Waals surface area (Å²) in [6, 6.07) is 5.82. The molecule has 0 aliphatic rings. The van der Waals surface area contributed by atoms with Gasteiger partial charge in [-0.2, -0.15) is 0 Å². The molecule has 1 heterocycles. The van der Waals surface area contributed by atoms with Gasteiger partial charge in [0.2, 0.25) is 0 Å². The fraction of sp³-hybridized carbons (Fsp3) is 0.333. The van der Waals surface area contributed by atoms with Gasteiger partial charge in [-0.1, -0.05) is 24.6 Å². The molecular weight excluding hydrogens is 274 g/mol. The number of halogens is 1. The van der Waals surface area contributed by atoms with Gasteiger partial charge in [-0.05, 0) is 30.7 Å². The third-order valence-corrected chi connectivity index (χ3v) is 3.33. The maximum atomic E-state index is 6.08. The second kappa shape index (κ2) is 7.22. The van der Waals surface area contributed by atoms with E-state index in [-0.39, 0.29) is 6.04 Å². The van der Waals surface area contributed by atoms with Crippen LogP contribution >= 0.6 is 11.6 Å². The molecule has 1 unspecified atom stereocenters. The predicted octanol–water partition coefficient (Wildman–Crippen LogP) is 3.23. The Hall–Kier alpha value is -1.65. The van der Waals surface area contributed by atoms with E-state index in [1.165, 1.54) is 6.33 Å². The number of ether oxygens (including phenoxy) is 1. The summed E-state index contributed by atoms with van der Waals surface area (Å²) in [5.74, 6) is 0.671. The van der Waals surface area contributed by atoms with E-state index in [0.29, 0.717) is 10.8 Å². The maximum Gasteiger partial charge on any atom is 0.137 e. The SMILES string of the molecule is CCCNC(c1cncnc1)c1ccc(Cl)c(OC)c1. The van der Waals surface area contributed by atoms with E-state index in [9.17, 15) is 0 Å². The van der Waals surface area contributed by atoms with Crippen LogP contribution in [0.3, 0.4) is 0 Å². The molecule has 1 atom stereocenters. The molecule has 0 amide bonds. The van der Waals surface area contributed by atoms with Crippen molar-refractivity contribution < 1.29 is 4.74 Å². The normalized spacial score (nSPS) is 12.2. The zero-order valence-corrected chi connectivity index (χ0v) is 12.4. The molecule has 0 spiro atoms. The van der Waals surface area contributed by atoms with Crippen molar-refractivity contribution in [2.75, 3.05) is 13.7 Å². The van der Waals surface area contributed by atoms with Gasteiger partial charge >= 0.3 is 0 Å². The molecule has 0 aliphatic heterocycles. The van der Waals surface area contributed by atoms with E-state index in [4.69, 9.17) is 16.3 Å². The van der Waals surface area contributed by atoms with Gasteiger partial charge in [0, 0.05) is 18.0 Å². The summed E-state index contributed by atoms with van der Waals surface area (Å²) >= 11 is 6.08. The Balaban J connectivity index is 2.36. The van der Waals surface area contributed by atoms with Crippen LogP contribution in [0.25, 0.3) is 0 Å². The third kappa shape index (κ3) is 3.46. The molecule has 20 heavy (non-hydrogen) atoms. The Morgan fingerprint density at radius 1 is 1.25 bits per heavy atom. The highest BCUT2D eigenvalue weighted by Gasteiger charge is 2.15. The highest BCUT2D eigenvalue weighted by Crippen LogP contribution is 2.30. The van der Waals surface area contributed by atoms with Crippen LogP contribution in [0.1, 0.15) is 30.5 Å². The molecule has 0 saturated carbocycles. The van der Waals surface area contributed by atoms with Gasteiger partial charge in [0.05, 0.1) is 18.2 Å². The van der Waals surface area contributed by atoms with Crippen molar-refractivity contribution >= 4 is 11.6 Å². The summed E-state index contributed by atoms with van der Waals surface area (Å²) in [6.45, 7) is 3.04. The van der Waals surface area contributed by atoms with Gasteiger partial charge in [0.15, 0.2) is 0 Å². The first kappa shape index (κ1) is 14.8. The van der Waals surface area contributed by atoms with E-state index in [1.807, 2.05) is 30.6 Å². The fourth-order valence-electron chi connectivity index (χ4n) is 2.03. The first-order chi connectivity index (χ1) is 9.76. The number of hydrogen-bond donors (Lipinski definition) is 1. The molecule has 4 nitrogen and oxygen atoms in total. The number of methoxy groups -OCH3 is 1. The van der Waals surface area contributed by atoms with Crippen LogP contribution in [0.5, 0.6) is 5.75 Å². The Bertz CT molecular complexity index is 548. The van der Waals surface area contributed by atoms with E-state index in [1.54, 1.807) is 7.11 Å². The summed E-state index contributed by atoms with van der Waals surface area (Å²) in [6.07, 6.45) is 6.22. The van der Waals surface area contributed by atoms with Crippen LogP contribution < -0.4 is 10.1 Å². The highest BCUT2D eigenvalue weighted by molar-refractivity contribution is 6.32. The summed E-state index contributed by atoms with van der Waals surface area (Å²) in [4.78, 5) is 8.18. The average molecular weight is 292 g/mol. The van der Waals surface area contributed by atoms with Gasteiger partial charge in [-0.25, -0.2) is 9.97 Å². The van der Waals surface area contributed by atoms with Crippen LogP contribution in [0.15, 0.2) is 36.9 Å². The van der Waals surface area contributed by atoms with Crippen molar-refractivity contribution in [1.82, 2.24) is 15.3 Å². The zero-order valence-electron chi connectivity index (χ0n) is 11.6. The minimum atomic E-state index is 0.0299. The molecule has 2 aromatic rings. The lowest BCUT2D eigenvalue weighted by atomic mass is 10.0. The molecule has 0 bridgehead atoms. The monoisotopic (exact) mass is 291 g/mol. The number of benzene rings is 1. The molecular formula is C15H18ClN3O. The van der Waals surface area contributed by atoms with Crippen LogP contribution in [-0.4, -0.2) is 23.6 Å². The predicted molar refractivity (Wildman–Crippen MR) is 80.2 cm³/mol. The lowest BCUT2D eigenvalue weighted by Crippen LogP contribution is -2.23. The minimum Gasteiger partial charge on any atom is -0.495 e. The first-order valence-corrected chi connectivity index (χ1v) is 6.95. The Labute approximate surface area is 124 Å². The molecule has 0 radical (unpaired) electrons. The van der Waals surface area contributed by atoms with Crippen LogP contribution in [0.2, 0.25) is 5.02 Å². The lowest BCUT2D eigenvalue weighted by Gasteiger charge is -2.19. The van der Waals surface area contributed by atoms with Crippen LogP contribution in [-0.2, 0) is 0 Å². The third-order valence-electron chi connectivity index (χ3n) is 3.02.